The van der Waals surface area contributed by atoms with Gasteiger partial charge >= 0.3 is 0 Å². The van der Waals surface area contributed by atoms with Gasteiger partial charge in [-0.2, -0.15) is 0 Å². The van der Waals surface area contributed by atoms with Crippen LogP contribution >= 0.6 is 0 Å². The largest absolute Gasteiger partial charge is 0.491 e. The van der Waals surface area contributed by atoms with E-state index < -0.39 is 0 Å². The van der Waals surface area contributed by atoms with Crippen molar-refractivity contribution in [2.45, 2.75) is 96.5 Å². The van der Waals surface area contributed by atoms with Gasteiger partial charge in [0.25, 0.3) is 0 Å². The van der Waals surface area contributed by atoms with E-state index in [9.17, 15) is 0 Å². The van der Waals surface area contributed by atoms with Crippen LogP contribution in [0.4, 0.5) is 0 Å². The molecule has 0 fully saturated rings. The van der Waals surface area contributed by atoms with Gasteiger partial charge in [-0.1, -0.05) is 108 Å². The summed E-state index contributed by atoms with van der Waals surface area (Å²) in [5.41, 5.74) is 0. The molecule has 0 aliphatic carbocycles. The minimum absolute atomic E-state index is 0.0435. The van der Waals surface area contributed by atoms with Crippen LogP contribution < -0.4 is 9.47 Å². The summed E-state index contributed by atoms with van der Waals surface area (Å²) in [5.74, 6) is 1.71. The van der Waals surface area contributed by atoms with Gasteiger partial charge in [0.2, 0.25) is 0 Å². The fraction of sp³-hybridized carbons (Fsp3) is 0.727. The summed E-state index contributed by atoms with van der Waals surface area (Å²) >= 11 is 0. The molecule has 0 aliphatic heterocycles. The molecule has 310 valence electrons. The molecular formula is C44H74O10. The average molecular weight is 763 g/mol. The van der Waals surface area contributed by atoms with Gasteiger partial charge < -0.3 is 47.4 Å². The Hall–Kier alpha value is -2.28. The molecule has 10 nitrogen and oxygen atoms in total. The second-order valence-electron chi connectivity index (χ2n) is 13.2. The maximum atomic E-state index is 6.17. The third-order valence-electron chi connectivity index (χ3n) is 8.56. The molecule has 0 bridgehead atoms. The Labute approximate surface area is 327 Å². The zero-order valence-electron chi connectivity index (χ0n) is 33.6. The maximum Gasteiger partial charge on any atom is 0.119 e. The lowest BCUT2D eigenvalue weighted by atomic mass is 10.1. The van der Waals surface area contributed by atoms with Gasteiger partial charge in [-0.25, -0.2) is 0 Å². The van der Waals surface area contributed by atoms with Gasteiger partial charge in [-0.3, -0.25) is 0 Å². The molecule has 10 heteroatoms. The summed E-state index contributed by atoms with van der Waals surface area (Å²) in [5, 5.41) is 0. The quantitative estimate of drug-likeness (QED) is 0.0612. The van der Waals surface area contributed by atoms with Crippen molar-refractivity contribution in [2.24, 2.45) is 0 Å². The number of ether oxygens (including phenoxy) is 10. The summed E-state index contributed by atoms with van der Waals surface area (Å²) in [7, 11) is 0. The molecule has 0 spiro atoms. The molecular weight excluding hydrogens is 688 g/mol. The Morgan fingerprint density at radius 1 is 0.352 bits per heavy atom. The zero-order chi connectivity index (χ0) is 38.1. The number of hydrogen-bond donors (Lipinski definition) is 0. The third kappa shape index (κ3) is 32.0. The van der Waals surface area contributed by atoms with Crippen LogP contribution in [0.2, 0.25) is 0 Å². The summed E-state index contributed by atoms with van der Waals surface area (Å²) < 4.78 is 57.3. The lowest BCUT2D eigenvalue weighted by molar-refractivity contribution is -0.0450. The van der Waals surface area contributed by atoms with Crippen molar-refractivity contribution in [3.63, 3.8) is 0 Å². The van der Waals surface area contributed by atoms with E-state index in [1.807, 2.05) is 60.7 Å². The molecule has 1 atom stereocenters. The Morgan fingerprint density at radius 2 is 0.722 bits per heavy atom. The SMILES string of the molecule is CCCCCCCCCOCCOCCOCC(CCCCCCCOCCOCCOCCOCCOc1ccccc1)OCCOc1ccccc1. The molecule has 2 aromatic rings. The Kier molecular flexibility index (Phi) is 34.5. The van der Waals surface area contributed by atoms with Crippen molar-refractivity contribution in [3.05, 3.63) is 60.7 Å². The van der Waals surface area contributed by atoms with Gasteiger partial charge in [0.05, 0.1) is 92.0 Å². The van der Waals surface area contributed by atoms with Gasteiger partial charge in [0.1, 0.15) is 24.7 Å². The molecule has 2 rings (SSSR count). The summed E-state index contributed by atoms with van der Waals surface area (Å²) in [6.45, 7) is 12.3. The highest BCUT2D eigenvalue weighted by Gasteiger charge is 2.10. The minimum atomic E-state index is 0.0435. The number of hydrogen-bond acceptors (Lipinski definition) is 10. The summed E-state index contributed by atoms with van der Waals surface area (Å²) in [6, 6.07) is 19.6. The van der Waals surface area contributed by atoms with Crippen molar-refractivity contribution in [1.29, 1.82) is 0 Å². The van der Waals surface area contributed by atoms with E-state index in [1.54, 1.807) is 0 Å². The van der Waals surface area contributed by atoms with Gasteiger partial charge in [0, 0.05) is 13.2 Å². The molecule has 0 N–H and O–H groups in total. The topological polar surface area (TPSA) is 92.3 Å². The molecule has 0 saturated carbocycles. The molecule has 0 aromatic heterocycles. The molecule has 1 unspecified atom stereocenters. The average Bonchev–Trinajstić information content (AvgIpc) is 3.20. The monoisotopic (exact) mass is 763 g/mol. The van der Waals surface area contributed by atoms with E-state index in [2.05, 4.69) is 6.92 Å². The van der Waals surface area contributed by atoms with Crippen molar-refractivity contribution >= 4 is 0 Å². The molecule has 0 saturated heterocycles. The summed E-state index contributed by atoms with van der Waals surface area (Å²) in [4.78, 5) is 0. The summed E-state index contributed by atoms with van der Waals surface area (Å²) in [6.07, 6.45) is 15.8. The molecule has 0 heterocycles. The molecule has 0 amide bonds. The Bertz CT molecular complexity index is 999. The maximum absolute atomic E-state index is 6.17. The van der Waals surface area contributed by atoms with Crippen LogP contribution in [0.5, 0.6) is 11.5 Å². The first kappa shape index (κ1) is 47.9. The number of rotatable bonds is 42. The highest BCUT2D eigenvalue weighted by molar-refractivity contribution is 5.21. The standard InChI is InChI=1S/C44H74O10/c1-2-3-4-5-6-9-18-25-45-28-30-49-35-36-51-41-44(54-40-39-53-43-22-16-12-17-23-43)24-13-8-7-10-19-26-46-27-29-47-31-32-48-33-34-50-37-38-52-42-20-14-11-15-21-42/h11-12,14-17,20-23,44H,2-10,13,18-19,24-41H2,1H3. The zero-order valence-corrected chi connectivity index (χ0v) is 33.6. The highest BCUT2D eigenvalue weighted by Crippen LogP contribution is 2.12. The fourth-order valence-electron chi connectivity index (χ4n) is 5.53. The Balaban J connectivity index is 1.37. The fourth-order valence-corrected chi connectivity index (χ4v) is 5.53. The van der Waals surface area contributed by atoms with Crippen LogP contribution in [0.3, 0.4) is 0 Å². The first-order chi connectivity index (χ1) is 26.9. The van der Waals surface area contributed by atoms with Crippen molar-refractivity contribution in [3.8, 4) is 11.5 Å². The van der Waals surface area contributed by atoms with Crippen molar-refractivity contribution in [1.82, 2.24) is 0 Å². The molecule has 54 heavy (non-hydrogen) atoms. The smallest absolute Gasteiger partial charge is 0.119 e. The highest BCUT2D eigenvalue weighted by atomic mass is 16.6. The third-order valence-corrected chi connectivity index (χ3v) is 8.56. The van der Waals surface area contributed by atoms with Crippen LogP contribution in [-0.2, 0) is 37.9 Å². The van der Waals surface area contributed by atoms with Gasteiger partial charge in [0.15, 0.2) is 0 Å². The van der Waals surface area contributed by atoms with E-state index in [4.69, 9.17) is 47.4 Å². The minimum Gasteiger partial charge on any atom is -0.491 e. The van der Waals surface area contributed by atoms with Crippen LogP contribution in [0.1, 0.15) is 90.4 Å². The van der Waals surface area contributed by atoms with Gasteiger partial charge in [-0.15, -0.1) is 0 Å². The molecule has 0 radical (unpaired) electrons. The number of para-hydroxylation sites is 2. The van der Waals surface area contributed by atoms with E-state index in [0.717, 1.165) is 63.2 Å². The second kappa shape index (κ2) is 39.0. The second-order valence-corrected chi connectivity index (χ2v) is 13.2. The lowest BCUT2D eigenvalue weighted by Crippen LogP contribution is -2.24. The Morgan fingerprint density at radius 3 is 1.20 bits per heavy atom. The van der Waals surface area contributed by atoms with Gasteiger partial charge in [-0.05, 0) is 43.5 Å². The number of benzene rings is 2. The lowest BCUT2D eigenvalue weighted by Gasteiger charge is -2.18. The first-order valence-corrected chi connectivity index (χ1v) is 20.9. The molecule has 0 aliphatic rings. The van der Waals surface area contributed by atoms with Crippen LogP contribution in [0.25, 0.3) is 0 Å². The van der Waals surface area contributed by atoms with Crippen molar-refractivity contribution < 1.29 is 47.4 Å². The van der Waals surface area contributed by atoms with E-state index in [-0.39, 0.29) is 6.10 Å². The van der Waals surface area contributed by atoms with Crippen LogP contribution in [0, 0.1) is 0 Å². The predicted octanol–water partition coefficient (Wildman–Crippen LogP) is 8.74. The van der Waals surface area contributed by atoms with E-state index in [1.165, 1.54) is 44.9 Å². The van der Waals surface area contributed by atoms with E-state index >= 15 is 0 Å². The first-order valence-electron chi connectivity index (χ1n) is 20.9. The molecule has 2 aromatic carbocycles. The van der Waals surface area contributed by atoms with E-state index in [0.29, 0.717) is 99.1 Å². The normalized spacial score (nSPS) is 11.9. The number of unbranched alkanes of at least 4 members (excludes halogenated alkanes) is 10. The van der Waals surface area contributed by atoms with Crippen LogP contribution in [0.15, 0.2) is 60.7 Å². The van der Waals surface area contributed by atoms with Crippen LogP contribution in [-0.4, -0.2) is 118 Å². The van der Waals surface area contributed by atoms with Crippen molar-refractivity contribution in [2.75, 3.05) is 112 Å². The predicted molar refractivity (Wildman–Crippen MR) is 215 cm³/mol.